The molecular weight excluding hydrogens is 350 g/mol. The average molecular weight is 353 g/mol. The lowest BCUT2D eigenvalue weighted by atomic mass is 10.2. The van der Waals surface area contributed by atoms with Gasteiger partial charge in [0.15, 0.2) is 0 Å². The van der Waals surface area contributed by atoms with Gasteiger partial charge in [0.2, 0.25) is 3.79 Å². The van der Waals surface area contributed by atoms with Gasteiger partial charge in [-0.25, -0.2) is 0 Å². The van der Waals surface area contributed by atoms with Crippen molar-refractivity contribution in [2.45, 2.75) is 3.79 Å². The van der Waals surface area contributed by atoms with E-state index in [2.05, 4.69) is 31.9 Å². The molecule has 0 radical (unpaired) electrons. The highest BCUT2D eigenvalue weighted by Crippen LogP contribution is 2.42. The van der Waals surface area contributed by atoms with Crippen molar-refractivity contribution in [1.82, 2.24) is 0 Å². The number of halogens is 5. The van der Waals surface area contributed by atoms with Crippen molar-refractivity contribution >= 4 is 66.7 Å². The zero-order chi connectivity index (χ0) is 9.35. The van der Waals surface area contributed by atoms with E-state index in [0.717, 1.165) is 8.95 Å². The second-order valence-electron chi connectivity index (χ2n) is 2.12. The Balaban J connectivity index is 3.23. The van der Waals surface area contributed by atoms with Crippen LogP contribution < -0.4 is 0 Å². The van der Waals surface area contributed by atoms with Crippen molar-refractivity contribution in [2.24, 2.45) is 0 Å². The van der Waals surface area contributed by atoms with Gasteiger partial charge in [0.05, 0.1) is 0 Å². The van der Waals surface area contributed by atoms with Gasteiger partial charge in [0.25, 0.3) is 0 Å². The van der Waals surface area contributed by atoms with Crippen LogP contribution in [0.3, 0.4) is 0 Å². The molecule has 12 heavy (non-hydrogen) atoms. The minimum atomic E-state index is -1.39. The number of benzene rings is 1. The van der Waals surface area contributed by atoms with Crippen LogP contribution in [0, 0.1) is 0 Å². The minimum Gasteiger partial charge on any atom is -0.0784 e. The van der Waals surface area contributed by atoms with Gasteiger partial charge in [0, 0.05) is 14.5 Å². The number of rotatable bonds is 0. The Kier molecular flexibility index (Phi) is 3.76. The first-order chi connectivity index (χ1) is 5.41. The highest BCUT2D eigenvalue weighted by Gasteiger charge is 2.25. The predicted octanol–water partition coefficient (Wildman–Crippen LogP) is 5.04. The summed E-state index contributed by atoms with van der Waals surface area (Å²) in [6.07, 6.45) is 0. The van der Waals surface area contributed by atoms with Crippen molar-refractivity contribution in [3.05, 3.63) is 32.7 Å². The van der Waals surface area contributed by atoms with E-state index in [0.29, 0.717) is 5.56 Å². The van der Waals surface area contributed by atoms with Gasteiger partial charge in [-0.3, -0.25) is 0 Å². The molecule has 1 aromatic carbocycles. The summed E-state index contributed by atoms with van der Waals surface area (Å²) in [5.74, 6) is 0. The fourth-order valence-electron chi connectivity index (χ4n) is 0.715. The van der Waals surface area contributed by atoms with Crippen LogP contribution in [0.5, 0.6) is 0 Å². The Bertz CT molecular complexity index is 293. The van der Waals surface area contributed by atoms with E-state index >= 15 is 0 Å². The molecule has 1 aromatic rings. The number of hydrogen-bond donors (Lipinski definition) is 0. The molecule has 0 saturated carbocycles. The molecule has 0 amide bonds. The van der Waals surface area contributed by atoms with Crippen LogP contribution in [0.15, 0.2) is 27.1 Å². The number of alkyl halides is 3. The van der Waals surface area contributed by atoms with E-state index in [1.54, 1.807) is 6.07 Å². The van der Waals surface area contributed by atoms with E-state index in [1.807, 2.05) is 12.1 Å². The van der Waals surface area contributed by atoms with Gasteiger partial charge in [-0.1, -0.05) is 66.7 Å². The van der Waals surface area contributed by atoms with Crippen molar-refractivity contribution in [3.8, 4) is 0 Å². The van der Waals surface area contributed by atoms with Crippen molar-refractivity contribution in [2.75, 3.05) is 0 Å². The first-order valence-corrected chi connectivity index (χ1v) is 5.65. The van der Waals surface area contributed by atoms with Crippen LogP contribution in [0.1, 0.15) is 5.56 Å². The van der Waals surface area contributed by atoms with Gasteiger partial charge < -0.3 is 0 Å². The Labute approximate surface area is 102 Å². The van der Waals surface area contributed by atoms with Gasteiger partial charge >= 0.3 is 0 Å². The molecule has 0 bridgehead atoms. The standard InChI is InChI=1S/C7H3Br2Cl3/c8-4-1-2-6(9)5(3-4)7(10,11)12/h1-3H. The molecule has 0 aromatic heterocycles. The number of hydrogen-bond acceptors (Lipinski definition) is 0. The van der Waals surface area contributed by atoms with Crippen LogP contribution in [0.2, 0.25) is 0 Å². The van der Waals surface area contributed by atoms with E-state index in [-0.39, 0.29) is 0 Å². The van der Waals surface area contributed by atoms with E-state index in [9.17, 15) is 0 Å². The molecule has 0 atom stereocenters. The second-order valence-corrected chi connectivity index (χ2v) is 6.17. The van der Waals surface area contributed by atoms with Crippen LogP contribution >= 0.6 is 66.7 Å². The Morgan fingerprint density at radius 1 is 1.08 bits per heavy atom. The largest absolute Gasteiger partial charge is 0.217 e. The van der Waals surface area contributed by atoms with Crippen molar-refractivity contribution in [1.29, 1.82) is 0 Å². The topological polar surface area (TPSA) is 0 Å². The third-order valence-corrected chi connectivity index (χ3v) is 3.03. The van der Waals surface area contributed by atoms with Crippen molar-refractivity contribution < 1.29 is 0 Å². The third-order valence-electron chi connectivity index (χ3n) is 1.23. The molecule has 0 nitrogen and oxygen atoms in total. The molecule has 5 heteroatoms. The summed E-state index contributed by atoms with van der Waals surface area (Å²) in [5.41, 5.74) is 0.627. The summed E-state index contributed by atoms with van der Waals surface area (Å²) >= 11 is 23.7. The SMILES string of the molecule is ClC(Cl)(Cl)c1cc(Br)ccc1Br. The molecule has 1 rings (SSSR count). The smallest absolute Gasteiger partial charge is 0.0784 e. The summed E-state index contributed by atoms with van der Waals surface area (Å²) in [4.78, 5) is 0. The lowest BCUT2D eigenvalue weighted by molar-refractivity contribution is 1.21. The minimum absolute atomic E-state index is 0.627. The summed E-state index contributed by atoms with van der Waals surface area (Å²) in [6, 6.07) is 5.45. The quantitative estimate of drug-likeness (QED) is 0.574. The van der Waals surface area contributed by atoms with Crippen LogP contribution in [-0.2, 0) is 3.79 Å². The Hall–Kier alpha value is 1.05. The fourth-order valence-corrected chi connectivity index (χ4v) is 2.43. The van der Waals surface area contributed by atoms with Crippen LogP contribution in [-0.4, -0.2) is 0 Å². The fraction of sp³-hybridized carbons (Fsp3) is 0.143. The van der Waals surface area contributed by atoms with Crippen LogP contribution in [0.25, 0.3) is 0 Å². The van der Waals surface area contributed by atoms with Gasteiger partial charge in [0.1, 0.15) is 0 Å². The molecule has 0 aliphatic heterocycles. The summed E-state index contributed by atoms with van der Waals surface area (Å²) in [5, 5.41) is 0. The van der Waals surface area contributed by atoms with Crippen molar-refractivity contribution in [3.63, 3.8) is 0 Å². The highest BCUT2D eigenvalue weighted by molar-refractivity contribution is 9.11. The molecule has 0 aliphatic carbocycles. The Morgan fingerprint density at radius 2 is 1.67 bits per heavy atom. The van der Waals surface area contributed by atoms with Gasteiger partial charge in [-0.05, 0) is 18.2 Å². The maximum Gasteiger partial charge on any atom is 0.217 e. The maximum absolute atomic E-state index is 5.72. The van der Waals surface area contributed by atoms with Gasteiger partial charge in [-0.2, -0.15) is 0 Å². The highest BCUT2D eigenvalue weighted by atomic mass is 79.9. The first-order valence-electron chi connectivity index (χ1n) is 2.93. The molecule has 0 saturated heterocycles. The van der Waals surface area contributed by atoms with E-state index in [1.165, 1.54) is 0 Å². The summed E-state index contributed by atoms with van der Waals surface area (Å²) < 4.78 is 0.278. The third kappa shape index (κ3) is 2.78. The molecule has 66 valence electrons. The first kappa shape index (κ1) is 11.1. The lowest BCUT2D eigenvalue weighted by Gasteiger charge is -2.13. The van der Waals surface area contributed by atoms with Gasteiger partial charge in [-0.15, -0.1) is 0 Å². The molecule has 0 aliphatic rings. The predicted molar refractivity (Wildman–Crippen MR) is 61.1 cm³/mol. The molecule has 0 heterocycles. The normalized spacial score (nSPS) is 11.8. The molecular formula is C7H3Br2Cl3. The zero-order valence-corrected chi connectivity index (χ0v) is 11.1. The molecule has 0 spiro atoms. The lowest BCUT2D eigenvalue weighted by Crippen LogP contribution is -2.00. The van der Waals surface area contributed by atoms with Crippen LogP contribution in [0.4, 0.5) is 0 Å². The average Bonchev–Trinajstić information content (AvgIpc) is 1.92. The zero-order valence-electron chi connectivity index (χ0n) is 5.62. The Morgan fingerprint density at radius 3 is 2.08 bits per heavy atom. The summed E-state index contributed by atoms with van der Waals surface area (Å²) in [6.45, 7) is 0. The monoisotopic (exact) mass is 350 g/mol. The summed E-state index contributed by atoms with van der Waals surface area (Å²) in [7, 11) is 0. The molecule has 0 unspecified atom stereocenters. The second kappa shape index (κ2) is 4.05. The van der Waals surface area contributed by atoms with E-state index < -0.39 is 3.79 Å². The maximum atomic E-state index is 5.72. The van der Waals surface area contributed by atoms with E-state index in [4.69, 9.17) is 34.8 Å². The molecule has 0 fully saturated rings. The molecule has 0 N–H and O–H groups in total.